The minimum Gasteiger partial charge on any atom is -0.325 e. The number of nitrogens with zero attached hydrogens (tertiary/aromatic N) is 1. The third-order valence-electron chi connectivity index (χ3n) is 4.00. The van der Waals surface area contributed by atoms with Crippen molar-refractivity contribution >= 4 is 49.1 Å². The fraction of sp³-hybridized carbons (Fsp3) is 0.0476. The van der Waals surface area contributed by atoms with Gasteiger partial charge in [-0.3, -0.25) is 4.79 Å². The molecule has 3 aromatic carbocycles. The summed E-state index contributed by atoms with van der Waals surface area (Å²) in [4.78, 5) is 17.2. The first-order chi connectivity index (χ1) is 12.7. The average molecular weight is 423 g/mol. The van der Waals surface area contributed by atoms with Crippen molar-refractivity contribution in [1.29, 1.82) is 0 Å². The molecule has 0 fully saturated rings. The molecule has 0 unspecified atom stereocenters. The number of hydrogen-bond acceptors (Lipinski definition) is 3. The molecule has 0 aliphatic carbocycles. The summed E-state index contributed by atoms with van der Waals surface area (Å²) in [5, 5.41) is 3.94. The Morgan fingerprint density at radius 3 is 2.50 bits per heavy atom. The van der Waals surface area contributed by atoms with Crippen molar-refractivity contribution < 1.29 is 4.79 Å². The zero-order valence-electron chi connectivity index (χ0n) is 13.8. The van der Waals surface area contributed by atoms with Crippen molar-refractivity contribution in [3.63, 3.8) is 0 Å². The lowest BCUT2D eigenvalue weighted by molar-refractivity contribution is -0.115. The van der Waals surface area contributed by atoms with Gasteiger partial charge in [-0.25, -0.2) is 4.98 Å². The molecule has 0 atom stereocenters. The van der Waals surface area contributed by atoms with Gasteiger partial charge in [0.2, 0.25) is 5.91 Å². The van der Waals surface area contributed by atoms with Gasteiger partial charge in [0.05, 0.1) is 22.3 Å². The van der Waals surface area contributed by atoms with Gasteiger partial charge in [0.25, 0.3) is 0 Å². The number of carbonyl (C=O) groups is 1. The van der Waals surface area contributed by atoms with Crippen molar-refractivity contribution in [2.45, 2.75) is 6.42 Å². The SMILES string of the molecule is O=C(Cc1ccc(Br)cc1)Nc1ccccc1-c1nc2ccccc2s1. The number of halogens is 1. The van der Waals surface area contributed by atoms with E-state index in [4.69, 9.17) is 4.98 Å². The molecular formula is C21H15BrN2OS. The number of benzene rings is 3. The van der Waals surface area contributed by atoms with Gasteiger partial charge < -0.3 is 5.32 Å². The molecule has 0 radical (unpaired) electrons. The number of para-hydroxylation sites is 2. The molecule has 0 saturated heterocycles. The van der Waals surface area contributed by atoms with Gasteiger partial charge in [0.1, 0.15) is 5.01 Å². The molecule has 1 heterocycles. The predicted molar refractivity (Wildman–Crippen MR) is 112 cm³/mol. The van der Waals surface area contributed by atoms with Gasteiger partial charge in [-0.1, -0.05) is 52.3 Å². The highest BCUT2D eigenvalue weighted by Crippen LogP contribution is 2.34. The molecule has 128 valence electrons. The first kappa shape index (κ1) is 16.9. The number of anilines is 1. The second kappa shape index (κ2) is 7.40. The summed E-state index contributed by atoms with van der Waals surface area (Å²) in [5.41, 5.74) is 3.68. The molecule has 4 rings (SSSR count). The standard InChI is InChI=1S/C21H15BrN2OS/c22-15-11-9-14(10-12-15)13-20(25)23-17-6-2-1-5-16(17)21-24-18-7-3-4-8-19(18)26-21/h1-12H,13H2,(H,23,25). The second-order valence-corrected chi connectivity index (χ2v) is 7.83. The maximum absolute atomic E-state index is 12.5. The Morgan fingerprint density at radius 2 is 1.69 bits per heavy atom. The van der Waals surface area contributed by atoms with Crippen LogP contribution in [0.15, 0.2) is 77.3 Å². The Morgan fingerprint density at radius 1 is 0.962 bits per heavy atom. The van der Waals surface area contributed by atoms with Gasteiger partial charge in [0.15, 0.2) is 0 Å². The summed E-state index contributed by atoms with van der Waals surface area (Å²) in [6.07, 6.45) is 0.335. The van der Waals surface area contributed by atoms with Crippen LogP contribution in [-0.2, 0) is 11.2 Å². The number of thiazole rings is 1. The van der Waals surface area contributed by atoms with E-state index >= 15 is 0 Å². The Bertz CT molecular complexity index is 1040. The van der Waals surface area contributed by atoms with Crippen LogP contribution in [0.3, 0.4) is 0 Å². The molecule has 0 bridgehead atoms. The number of aromatic nitrogens is 1. The molecule has 26 heavy (non-hydrogen) atoms. The summed E-state index contributed by atoms with van der Waals surface area (Å²) < 4.78 is 2.14. The van der Waals surface area contributed by atoms with Crippen molar-refractivity contribution in [2.24, 2.45) is 0 Å². The topological polar surface area (TPSA) is 42.0 Å². The van der Waals surface area contributed by atoms with Crippen LogP contribution >= 0.6 is 27.3 Å². The molecule has 0 saturated carbocycles. The normalized spacial score (nSPS) is 10.8. The zero-order chi connectivity index (χ0) is 17.9. The lowest BCUT2D eigenvalue weighted by Crippen LogP contribution is -2.14. The molecule has 0 spiro atoms. The van der Waals surface area contributed by atoms with E-state index in [0.29, 0.717) is 6.42 Å². The third kappa shape index (κ3) is 3.69. The van der Waals surface area contributed by atoms with Crippen LogP contribution in [0.2, 0.25) is 0 Å². The van der Waals surface area contributed by atoms with Gasteiger partial charge in [-0.15, -0.1) is 11.3 Å². The average Bonchev–Trinajstić information content (AvgIpc) is 3.08. The van der Waals surface area contributed by atoms with Gasteiger partial charge in [0, 0.05) is 10.0 Å². The number of carbonyl (C=O) groups excluding carboxylic acids is 1. The predicted octanol–water partition coefficient (Wildman–Crippen LogP) is 5.91. The third-order valence-corrected chi connectivity index (χ3v) is 5.60. The van der Waals surface area contributed by atoms with E-state index in [1.54, 1.807) is 11.3 Å². The largest absolute Gasteiger partial charge is 0.325 e. The van der Waals surface area contributed by atoms with Gasteiger partial charge >= 0.3 is 0 Å². The fourth-order valence-corrected chi connectivity index (χ4v) is 4.02. The van der Waals surface area contributed by atoms with E-state index in [9.17, 15) is 4.79 Å². The van der Waals surface area contributed by atoms with Crippen molar-refractivity contribution in [3.8, 4) is 10.6 Å². The van der Waals surface area contributed by atoms with Crippen LogP contribution in [0.1, 0.15) is 5.56 Å². The highest BCUT2D eigenvalue weighted by molar-refractivity contribution is 9.10. The molecule has 4 aromatic rings. The van der Waals surface area contributed by atoms with Crippen molar-refractivity contribution in [1.82, 2.24) is 4.98 Å². The summed E-state index contributed by atoms with van der Waals surface area (Å²) in [6, 6.07) is 23.6. The number of rotatable bonds is 4. The lowest BCUT2D eigenvalue weighted by atomic mass is 10.1. The van der Waals surface area contributed by atoms with Crippen LogP contribution < -0.4 is 5.32 Å². The van der Waals surface area contributed by atoms with Crippen LogP contribution in [0, 0.1) is 0 Å². The number of fused-ring (bicyclic) bond motifs is 1. The number of hydrogen-bond donors (Lipinski definition) is 1. The highest BCUT2D eigenvalue weighted by atomic mass is 79.9. The first-order valence-corrected chi connectivity index (χ1v) is 9.79. The van der Waals surface area contributed by atoms with Crippen LogP contribution in [0.5, 0.6) is 0 Å². The summed E-state index contributed by atoms with van der Waals surface area (Å²) >= 11 is 5.04. The van der Waals surface area contributed by atoms with Crippen LogP contribution in [0.4, 0.5) is 5.69 Å². The molecule has 1 aromatic heterocycles. The van der Waals surface area contributed by atoms with E-state index in [0.717, 1.165) is 36.5 Å². The molecule has 0 aliphatic heterocycles. The Labute approximate surface area is 163 Å². The lowest BCUT2D eigenvalue weighted by Gasteiger charge is -2.09. The number of amides is 1. The van der Waals surface area contributed by atoms with Crippen LogP contribution in [-0.4, -0.2) is 10.9 Å². The molecule has 5 heteroatoms. The Hall–Kier alpha value is -2.50. The van der Waals surface area contributed by atoms with E-state index in [1.165, 1.54) is 0 Å². The Kier molecular flexibility index (Phi) is 4.82. The molecular weight excluding hydrogens is 408 g/mol. The molecule has 1 N–H and O–H groups in total. The van der Waals surface area contributed by atoms with Gasteiger partial charge in [-0.05, 0) is 42.0 Å². The van der Waals surface area contributed by atoms with Crippen molar-refractivity contribution in [2.75, 3.05) is 5.32 Å². The summed E-state index contributed by atoms with van der Waals surface area (Å²) in [5.74, 6) is -0.0408. The van der Waals surface area contributed by atoms with Gasteiger partial charge in [-0.2, -0.15) is 0 Å². The first-order valence-electron chi connectivity index (χ1n) is 8.18. The molecule has 0 aliphatic rings. The van der Waals surface area contributed by atoms with E-state index < -0.39 is 0 Å². The summed E-state index contributed by atoms with van der Waals surface area (Å²) in [6.45, 7) is 0. The minimum atomic E-state index is -0.0408. The quantitative estimate of drug-likeness (QED) is 0.444. The van der Waals surface area contributed by atoms with E-state index in [1.807, 2.05) is 66.7 Å². The smallest absolute Gasteiger partial charge is 0.228 e. The number of nitrogens with one attached hydrogen (secondary N) is 1. The maximum Gasteiger partial charge on any atom is 0.228 e. The van der Waals surface area contributed by atoms with Crippen molar-refractivity contribution in [3.05, 3.63) is 82.8 Å². The highest BCUT2D eigenvalue weighted by Gasteiger charge is 2.12. The van der Waals surface area contributed by atoms with Crippen LogP contribution in [0.25, 0.3) is 20.8 Å². The zero-order valence-corrected chi connectivity index (χ0v) is 16.2. The van der Waals surface area contributed by atoms with E-state index in [-0.39, 0.29) is 5.91 Å². The Balaban J connectivity index is 1.59. The van der Waals surface area contributed by atoms with E-state index in [2.05, 4.69) is 27.3 Å². The maximum atomic E-state index is 12.5. The minimum absolute atomic E-state index is 0.0408. The monoisotopic (exact) mass is 422 g/mol. The fourth-order valence-electron chi connectivity index (χ4n) is 2.75. The molecule has 1 amide bonds. The second-order valence-electron chi connectivity index (χ2n) is 5.88. The summed E-state index contributed by atoms with van der Waals surface area (Å²) in [7, 11) is 0. The molecule has 3 nitrogen and oxygen atoms in total.